The highest BCUT2D eigenvalue weighted by atomic mass is 35.5. The molecule has 47 heavy (non-hydrogen) atoms. The topological polar surface area (TPSA) is 90.0 Å². The number of amides is 1. The minimum Gasteiger partial charge on any atom is -0.472 e. The summed E-state index contributed by atoms with van der Waals surface area (Å²) in [6.07, 6.45) is 1.84. The monoisotopic (exact) mass is 683 g/mol. The molecule has 8 rings (SSSR count). The minimum absolute atomic E-state index is 0.0848. The number of nitrogens with zero attached hydrogens (tertiary/aromatic N) is 3. The van der Waals surface area contributed by atoms with Crippen LogP contribution in [0.4, 0.5) is 15.8 Å². The van der Waals surface area contributed by atoms with Gasteiger partial charge in [0.1, 0.15) is 11.6 Å². The lowest BCUT2D eigenvalue weighted by atomic mass is 9.96. The molecule has 0 aliphatic carbocycles. The van der Waals surface area contributed by atoms with Crippen LogP contribution in [-0.2, 0) is 25.5 Å². The maximum Gasteiger partial charge on any atom is 0.340 e. The Morgan fingerprint density at radius 2 is 1.68 bits per heavy atom. The van der Waals surface area contributed by atoms with Gasteiger partial charge in [0.15, 0.2) is 6.73 Å². The van der Waals surface area contributed by atoms with E-state index in [4.69, 9.17) is 46.9 Å². The van der Waals surface area contributed by atoms with Gasteiger partial charge in [0.25, 0.3) is 5.91 Å². The molecular weight excluding hydrogens is 652 g/mol. The highest BCUT2D eigenvalue weighted by Crippen LogP contribution is 2.44. The third-order valence-electron chi connectivity index (χ3n) is 9.69. The van der Waals surface area contributed by atoms with Gasteiger partial charge in [0.05, 0.1) is 92.1 Å². The molecule has 4 fully saturated rings. The summed E-state index contributed by atoms with van der Waals surface area (Å²) >= 11 is 13.3. The Labute approximate surface area is 280 Å². The Bertz CT molecular complexity index is 1740. The van der Waals surface area contributed by atoms with E-state index in [1.165, 1.54) is 18.1 Å². The molecule has 5 heterocycles. The molecular formula is C34H32Cl2FN3O7. The number of fused-ring (bicyclic) bond motifs is 3. The van der Waals surface area contributed by atoms with E-state index in [-0.39, 0.29) is 58.0 Å². The Morgan fingerprint density at radius 3 is 2.36 bits per heavy atom. The Morgan fingerprint density at radius 1 is 0.979 bits per heavy atom. The third-order valence-corrected chi connectivity index (χ3v) is 10.3. The third kappa shape index (κ3) is 5.19. The van der Waals surface area contributed by atoms with Gasteiger partial charge < -0.3 is 38.4 Å². The molecule has 3 aromatic rings. The van der Waals surface area contributed by atoms with Gasteiger partial charge in [-0.25, -0.2) is 9.18 Å². The van der Waals surface area contributed by atoms with Crippen LogP contribution in [0, 0.1) is 5.82 Å². The molecule has 1 spiro atoms. The molecule has 2 atom stereocenters. The predicted molar refractivity (Wildman–Crippen MR) is 172 cm³/mol. The fourth-order valence-electron chi connectivity index (χ4n) is 7.40. The average Bonchev–Trinajstić information content (AvgIpc) is 3.64. The molecule has 2 bridgehead atoms. The molecule has 0 radical (unpaired) electrons. The Balaban J connectivity index is 1.07. The number of morpholine rings is 1. The van der Waals surface area contributed by atoms with Crippen molar-refractivity contribution in [2.24, 2.45) is 0 Å². The van der Waals surface area contributed by atoms with E-state index in [0.717, 1.165) is 18.5 Å². The van der Waals surface area contributed by atoms with Crippen LogP contribution in [-0.4, -0.2) is 88.0 Å². The highest BCUT2D eigenvalue weighted by molar-refractivity contribution is 6.40. The first-order valence-corrected chi connectivity index (χ1v) is 16.3. The van der Waals surface area contributed by atoms with E-state index >= 15 is 4.39 Å². The van der Waals surface area contributed by atoms with Crippen molar-refractivity contribution in [2.45, 2.75) is 37.3 Å². The summed E-state index contributed by atoms with van der Waals surface area (Å²) in [5, 5.41) is 0.451. The summed E-state index contributed by atoms with van der Waals surface area (Å²) in [6.45, 7) is 3.41. The zero-order valence-electron chi connectivity index (χ0n) is 25.6. The fraction of sp³-hybridized carbons (Fsp3) is 0.412. The molecule has 0 saturated carbocycles. The highest BCUT2D eigenvalue weighted by Gasteiger charge is 2.48. The van der Waals surface area contributed by atoms with Crippen LogP contribution in [0.5, 0.6) is 5.75 Å². The molecule has 5 aliphatic heterocycles. The molecule has 0 aromatic heterocycles. The molecule has 5 aliphatic rings. The first kappa shape index (κ1) is 30.7. The van der Waals surface area contributed by atoms with Gasteiger partial charge >= 0.3 is 5.97 Å². The number of benzene rings is 3. The molecule has 3 aromatic carbocycles. The number of esters is 1. The SMILES string of the molecule is COC(=O)c1cc(F)c(-c2cccc3c2OCN(C(=O)c2c(Cl)cc(N4CC5(C4)OCCO5)cc2Cl)C3)cc1N1C2CCC1COC2. The van der Waals surface area contributed by atoms with Gasteiger partial charge in [0.2, 0.25) is 5.79 Å². The van der Waals surface area contributed by atoms with Gasteiger partial charge in [-0.3, -0.25) is 4.79 Å². The van der Waals surface area contributed by atoms with Gasteiger partial charge in [-0.2, -0.15) is 0 Å². The number of rotatable bonds is 5. The molecule has 246 valence electrons. The minimum atomic E-state index is -0.604. The number of carbonyl (C=O) groups is 2. The molecule has 2 unspecified atom stereocenters. The van der Waals surface area contributed by atoms with E-state index in [1.54, 1.807) is 30.3 Å². The van der Waals surface area contributed by atoms with Crippen molar-refractivity contribution >= 4 is 46.5 Å². The number of carbonyl (C=O) groups excluding carboxylic acids is 2. The van der Waals surface area contributed by atoms with E-state index in [1.807, 2.05) is 11.0 Å². The summed E-state index contributed by atoms with van der Waals surface area (Å²) in [4.78, 5) is 32.3. The van der Waals surface area contributed by atoms with Crippen molar-refractivity contribution in [1.82, 2.24) is 4.90 Å². The summed E-state index contributed by atoms with van der Waals surface area (Å²) in [6, 6.07) is 12.0. The van der Waals surface area contributed by atoms with E-state index in [0.29, 0.717) is 62.1 Å². The second kappa shape index (κ2) is 11.8. The van der Waals surface area contributed by atoms with Crippen LogP contribution < -0.4 is 14.5 Å². The van der Waals surface area contributed by atoms with Crippen molar-refractivity contribution < 1.29 is 37.7 Å². The summed E-state index contributed by atoms with van der Waals surface area (Å²) in [5.74, 6) is -1.69. The summed E-state index contributed by atoms with van der Waals surface area (Å²) in [7, 11) is 1.29. The van der Waals surface area contributed by atoms with Crippen molar-refractivity contribution in [3.63, 3.8) is 0 Å². The number of hydrogen-bond acceptors (Lipinski definition) is 9. The van der Waals surface area contributed by atoms with Crippen molar-refractivity contribution in [2.75, 3.05) is 63.2 Å². The smallest absolute Gasteiger partial charge is 0.340 e. The lowest BCUT2D eigenvalue weighted by molar-refractivity contribution is -0.172. The maximum atomic E-state index is 15.9. The summed E-state index contributed by atoms with van der Waals surface area (Å²) < 4.78 is 44.2. The van der Waals surface area contributed by atoms with Crippen LogP contribution in [0.3, 0.4) is 0 Å². The van der Waals surface area contributed by atoms with E-state index in [9.17, 15) is 9.59 Å². The van der Waals surface area contributed by atoms with Crippen molar-refractivity contribution in [1.29, 1.82) is 0 Å². The van der Waals surface area contributed by atoms with Gasteiger partial charge in [-0.15, -0.1) is 0 Å². The zero-order chi connectivity index (χ0) is 32.4. The molecule has 13 heteroatoms. The molecule has 4 saturated heterocycles. The number of ether oxygens (including phenoxy) is 5. The average molecular weight is 685 g/mol. The first-order chi connectivity index (χ1) is 22.7. The van der Waals surface area contributed by atoms with Crippen LogP contribution in [0.25, 0.3) is 11.1 Å². The number of halogens is 3. The Kier molecular flexibility index (Phi) is 7.72. The van der Waals surface area contributed by atoms with Crippen LogP contribution in [0.15, 0.2) is 42.5 Å². The molecule has 0 N–H and O–H groups in total. The van der Waals surface area contributed by atoms with Gasteiger partial charge in [-0.1, -0.05) is 41.4 Å². The molecule has 1 amide bonds. The van der Waals surface area contributed by atoms with Gasteiger partial charge in [-0.05, 0) is 37.1 Å². The second-order valence-electron chi connectivity index (χ2n) is 12.5. The fourth-order valence-corrected chi connectivity index (χ4v) is 8.03. The lowest BCUT2D eigenvalue weighted by Crippen LogP contribution is -2.62. The predicted octanol–water partition coefficient (Wildman–Crippen LogP) is 5.51. The summed E-state index contributed by atoms with van der Waals surface area (Å²) in [5.41, 5.74) is 3.24. The maximum absolute atomic E-state index is 15.9. The number of hydrogen-bond donors (Lipinski definition) is 0. The van der Waals surface area contributed by atoms with Crippen LogP contribution >= 0.6 is 23.2 Å². The number of para-hydroxylation sites is 1. The zero-order valence-corrected chi connectivity index (χ0v) is 27.1. The van der Waals surface area contributed by atoms with Crippen LogP contribution in [0.2, 0.25) is 10.0 Å². The van der Waals surface area contributed by atoms with Crippen molar-refractivity contribution in [3.8, 4) is 16.9 Å². The van der Waals surface area contributed by atoms with Crippen molar-refractivity contribution in [3.05, 3.63) is 75.0 Å². The first-order valence-electron chi connectivity index (χ1n) is 15.6. The number of anilines is 2. The van der Waals surface area contributed by atoms with E-state index in [2.05, 4.69) is 4.90 Å². The lowest BCUT2D eigenvalue weighted by Gasteiger charge is -2.47. The van der Waals surface area contributed by atoms with Crippen LogP contribution in [0.1, 0.15) is 39.1 Å². The standard InChI is InChI=1S/C34H32Cl2FN3O7/c1-43-33(42)25-11-28(37)24(12-29(25)40-20-5-6-21(40)15-44-14-20)23-4-2-3-19-13-38(18-45-31(19)23)32(41)30-26(35)9-22(10-27(30)36)39-16-34(17-39)46-7-8-47-34/h2-4,9-12,20-21H,5-8,13-18H2,1H3. The second-order valence-corrected chi connectivity index (χ2v) is 13.3. The number of methoxy groups -OCH3 is 1. The Hall–Kier alpha value is -3.61. The quantitative estimate of drug-likeness (QED) is 0.323. The van der Waals surface area contributed by atoms with E-state index < -0.39 is 17.6 Å². The largest absolute Gasteiger partial charge is 0.472 e. The van der Waals surface area contributed by atoms with Gasteiger partial charge in [0, 0.05) is 22.4 Å². The molecule has 10 nitrogen and oxygen atoms in total. The normalized spacial score (nSPS) is 22.6.